The number of esters is 2. The third kappa shape index (κ3) is 8.46. The van der Waals surface area contributed by atoms with Gasteiger partial charge in [0.15, 0.2) is 0 Å². The first-order valence-corrected chi connectivity index (χ1v) is 5.56. The summed E-state index contributed by atoms with van der Waals surface area (Å²) in [5.74, 6) is -1.76. The molecule has 0 spiro atoms. The monoisotopic (exact) mass is 281 g/mol. The molecule has 3 atom stereocenters. The van der Waals surface area contributed by atoms with Crippen LogP contribution in [-0.4, -0.2) is 77.0 Å². The van der Waals surface area contributed by atoms with Gasteiger partial charge in [0.25, 0.3) is 0 Å². The topological polar surface area (TPSA) is 160 Å². The maximum atomic E-state index is 11.3. The molecule has 19 heavy (non-hydrogen) atoms. The first-order valence-electron chi connectivity index (χ1n) is 5.56. The molecule has 0 fully saturated rings. The van der Waals surface area contributed by atoms with E-state index in [0.29, 0.717) is 0 Å². The second-order valence-corrected chi connectivity index (χ2v) is 3.80. The molecule has 6 N–H and O–H groups in total. The molecule has 0 bridgehead atoms. The predicted molar refractivity (Wildman–Crippen MR) is 60.7 cm³/mol. The second-order valence-electron chi connectivity index (χ2n) is 3.80. The van der Waals surface area contributed by atoms with Gasteiger partial charge >= 0.3 is 11.9 Å². The molecule has 0 heterocycles. The highest BCUT2D eigenvalue weighted by molar-refractivity contribution is 5.82. The van der Waals surface area contributed by atoms with Gasteiger partial charge in [-0.1, -0.05) is 0 Å². The van der Waals surface area contributed by atoms with E-state index in [1.165, 1.54) is 0 Å². The van der Waals surface area contributed by atoms with Crippen LogP contribution in [0, 0.1) is 0 Å². The number of carbonyl (C=O) groups excluding carboxylic acids is 2. The lowest BCUT2D eigenvalue weighted by Gasteiger charge is -2.13. The first-order chi connectivity index (χ1) is 8.90. The molecule has 2 unspecified atom stereocenters. The minimum Gasteiger partial charge on any atom is -0.463 e. The zero-order valence-corrected chi connectivity index (χ0v) is 10.3. The van der Waals surface area contributed by atoms with Gasteiger partial charge in [0.1, 0.15) is 31.5 Å². The van der Waals surface area contributed by atoms with Gasteiger partial charge in [0, 0.05) is 0 Å². The Kier molecular flexibility index (Phi) is 9.00. The molecule has 0 rings (SSSR count). The number of nitrogens with two attached hydrogens (primary N) is 1. The third-order valence-electron chi connectivity index (χ3n) is 1.97. The van der Waals surface area contributed by atoms with Gasteiger partial charge in [0.05, 0.1) is 19.6 Å². The van der Waals surface area contributed by atoms with Gasteiger partial charge in [-0.3, -0.25) is 9.59 Å². The quantitative estimate of drug-likeness (QED) is 0.270. The SMILES string of the molecule is N[C@@H](CC(=O)OCC(O)CO)C(=O)OCC(O)CO. The van der Waals surface area contributed by atoms with E-state index in [0.717, 1.165) is 0 Å². The Morgan fingerprint density at radius 1 is 1.00 bits per heavy atom. The standard InChI is InChI=1S/C10H19NO8/c11-8(10(17)19-5-7(15)3-13)1-9(16)18-4-6(14)2-12/h6-8,12-15H,1-5,11H2/t6?,7?,8-/m0/s1. The van der Waals surface area contributed by atoms with Gasteiger partial charge in [0.2, 0.25) is 0 Å². The Bertz CT molecular complexity index is 285. The lowest BCUT2D eigenvalue weighted by Crippen LogP contribution is -2.37. The van der Waals surface area contributed by atoms with E-state index >= 15 is 0 Å². The summed E-state index contributed by atoms with van der Waals surface area (Å²) in [6.45, 7) is -1.95. The summed E-state index contributed by atoms with van der Waals surface area (Å²) in [6, 6.07) is -1.27. The fourth-order valence-electron chi connectivity index (χ4n) is 0.902. The third-order valence-corrected chi connectivity index (χ3v) is 1.97. The molecular weight excluding hydrogens is 262 g/mol. The second kappa shape index (κ2) is 9.64. The molecule has 9 nitrogen and oxygen atoms in total. The summed E-state index contributed by atoms with van der Waals surface area (Å²) in [4.78, 5) is 22.4. The minimum atomic E-state index is -1.27. The van der Waals surface area contributed by atoms with Crippen LogP contribution in [0.15, 0.2) is 0 Å². The summed E-state index contributed by atoms with van der Waals surface area (Å²) in [6.07, 6.45) is -2.86. The highest BCUT2D eigenvalue weighted by atomic mass is 16.6. The summed E-state index contributed by atoms with van der Waals surface area (Å²) in [5, 5.41) is 34.8. The Morgan fingerprint density at radius 3 is 1.95 bits per heavy atom. The Morgan fingerprint density at radius 2 is 1.47 bits per heavy atom. The number of carbonyl (C=O) groups is 2. The molecular formula is C10H19NO8. The van der Waals surface area contributed by atoms with Crippen molar-refractivity contribution < 1.29 is 39.5 Å². The van der Waals surface area contributed by atoms with Crippen molar-refractivity contribution >= 4 is 11.9 Å². The van der Waals surface area contributed by atoms with Gasteiger partial charge < -0.3 is 35.6 Å². The van der Waals surface area contributed by atoms with Crippen molar-refractivity contribution in [3.8, 4) is 0 Å². The van der Waals surface area contributed by atoms with Crippen molar-refractivity contribution in [2.24, 2.45) is 5.73 Å². The van der Waals surface area contributed by atoms with Gasteiger partial charge in [-0.2, -0.15) is 0 Å². The van der Waals surface area contributed by atoms with E-state index < -0.39 is 63.0 Å². The van der Waals surface area contributed by atoms with Gasteiger partial charge in [-0.15, -0.1) is 0 Å². The predicted octanol–water partition coefficient (Wildman–Crippen LogP) is -3.50. The average Bonchev–Trinajstić information content (AvgIpc) is 2.41. The minimum absolute atomic E-state index is 0.402. The molecule has 0 aromatic heterocycles. The smallest absolute Gasteiger partial charge is 0.323 e. The van der Waals surface area contributed by atoms with Gasteiger partial charge in [-0.25, -0.2) is 0 Å². The van der Waals surface area contributed by atoms with Crippen LogP contribution in [0.5, 0.6) is 0 Å². The van der Waals surface area contributed by atoms with Crippen molar-refractivity contribution in [3.05, 3.63) is 0 Å². The fraction of sp³-hybridized carbons (Fsp3) is 0.800. The normalized spacial score (nSPS) is 15.4. The maximum absolute atomic E-state index is 11.3. The highest BCUT2D eigenvalue weighted by Crippen LogP contribution is 1.97. The molecule has 0 saturated heterocycles. The molecule has 0 saturated carbocycles. The number of rotatable bonds is 9. The summed E-state index contributed by atoms with van der Waals surface area (Å²) in [7, 11) is 0. The van der Waals surface area contributed by atoms with Crippen molar-refractivity contribution in [2.75, 3.05) is 26.4 Å². The summed E-state index contributed by atoms with van der Waals surface area (Å²) < 4.78 is 9.07. The van der Waals surface area contributed by atoms with E-state index in [4.69, 9.17) is 26.2 Å². The maximum Gasteiger partial charge on any atom is 0.323 e. The van der Waals surface area contributed by atoms with Crippen LogP contribution in [0.3, 0.4) is 0 Å². The molecule has 0 aliphatic carbocycles. The van der Waals surface area contributed by atoms with E-state index in [1.54, 1.807) is 0 Å². The number of hydrogen-bond donors (Lipinski definition) is 5. The number of aliphatic hydroxyl groups is 4. The Hall–Kier alpha value is -1.26. The van der Waals surface area contributed by atoms with Crippen molar-refractivity contribution in [2.45, 2.75) is 24.7 Å². The average molecular weight is 281 g/mol. The molecule has 0 aromatic rings. The molecule has 9 heteroatoms. The van der Waals surface area contributed by atoms with Crippen LogP contribution in [0.25, 0.3) is 0 Å². The molecule has 0 radical (unpaired) electrons. The van der Waals surface area contributed by atoms with Crippen LogP contribution in [-0.2, 0) is 19.1 Å². The van der Waals surface area contributed by atoms with E-state index in [-0.39, 0.29) is 0 Å². The first kappa shape index (κ1) is 17.7. The van der Waals surface area contributed by atoms with Crippen molar-refractivity contribution in [1.29, 1.82) is 0 Å². The van der Waals surface area contributed by atoms with Crippen LogP contribution >= 0.6 is 0 Å². The van der Waals surface area contributed by atoms with Crippen LogP contribution in [0.1, 0.15) is 6.42 Å². The number of ether oxygens (including phenoxy) is 2. The zero-order chi connectivity index (χ0) is 14.8. The summed E-state index contributed by atoms with van der Waals surface area (Å²) >= 11 is 0. The Labute approximate surface area is 109 Å². The summed E-state index contributed by atoms with van der Waals surface area (Å²) in [5.41, 5.74) is 5.35. The lowest BCUT2D eigenvalue weighted by molar-refractivity contribution is -0.155. The largest absolute Gasteiger partial charge is 0.463 e. The van der Waals surface area contributed by atoms with Crippen LogP contribution in [0.4, 0.5) is 0 Å². The Balaban J connectivity index is 3.91. The van der Waals surface area contributed by atoms with E-state index in [9.17, 15) is 9.59 Å². The molecule has 112 valence electrons. The van der Waals surface area contributed by atoms with Crippen LogP contribution < -0.4 is 5.73 Å². The van der Waals surface area contributed by atoms with E-state index in [1.807, 2.05) is 0 Å². The molecule has 0 aromatic carbocycles. The lowest BCUT2D eigenvalue weighted by atomic mass is 10.2. The highest BCUT2D eigenvalue weighted by Gasteiger charge is 2.21. The number of aliphatic hydroxyl groups excluding tert-OH is 4. The van der Waals surface area contributed by atoms with Gasteiger partial charge in [-0.05, 0) is 0 Å². The zero-order valence-electron chi connectivity index (χ0n) is 10.3. The fourth-order valence-corrected chi connectivity index (χ4v) is 0.902. The van der Waals surface area contributed by atoms with Crippen LogP contribution in [0.2, 0.25) is 0 Å². The van der Waals surface area contributed by atoms with Crippen molar-refractivity contribution in [3.63, 3.8) is 0 Å². The number of hydrogen-bond acceptors (Lipinski definition) is 9. The molecule has 0 amide bonds. The molecule has 0 aliphatic heterocycles. The molecule has 0 aliphatic rings. The van der Waals surface area contributed by atoms with Crippen molar-refractivity contribution in [1.82, 2.24) is 0 Å². The van der Waals surface area contributed by atoms with E-state index in [2.05, 4.69) is 9.47 Å².